The van der Waals surface area contributed by atoms with Crippen LogP contribution in [0.4, 0.5) is 0 Å². The van der Waals surface area contributed by atoms with Crippen molar-refractivity contribution in [2.75, 3.05) is 6.54 Å². The molecule has 1 aliphatic heterocycles. The number of aromatic nitrogens is 1. The Hall–Kier alpha value is -0.610. The average molecular weight is 271 g/mol. The fourth-order valence-electron chi connectivity index (χ4n) is 1.76. The van der Waals surface area contributed by atoms with Gasteiger partial charge in [0, 0.05) is 24.7 Å². The molecule has 0 spiro atoms. The van der Waals surface area contributed by atoms with Gasteiger partial charge in [-0.3, -0.25) is 4.98 Å². The van der Waals surface area contributed by atoms with Gasteiger partial charge in [-0.2, -0.15) is 0 Å². The molecule has 1 aromatic rings. The summed E-state index contributed by atoms with van der Waals surface area (Å²) in [6.07, 6.45) is 3.10. The van der Waals surface area contributed by atoms with Gasteiger partial charge in [-0.05, 0) is 35.8 Å². The predicted molar refractivity (Wildman–Crippen MR) is 63.2 cm³/mol. The van der Waals surface area contributed by atoms with E-state index < -0.39 is 0 Å². The fourth-order valence-corrected chi connectivity index (χ4v) is 2.29. The highest BCUT2D eigenvalue weighted by Gasteiger charge is 2.22. The zero-order valence-electron chi connectivity index (χ0n) is 8.96. The summed E-state index contributed by atoms with van der Waals surface area (Å²) in [5.41, 5.74) is 0.993. The lowest BCUT2D eigenvalue weighted by molar-refractivity contribution is 0.218. The van der Waals surface area contributed by atoms with E-state index in [1.54, 1.807) is 6.20 Å². The van der Waals surface area contributed by atoms with Crippen LogP contribution in [0.1, 0.15) is 19.0 Å². The van der Waals surface area contributed by atoms with E-state index in [4.69, 9.17) is 4.74 Å². The zero-order chi connectivity index (χ0) is 10.8. The first-order valence-electron chi connectivity index (χ1n) is 5.17. The van der Waals surface area contributed by atoms with Crippen molar-refractivity contribution in [1.29, 1.82) is 0 Å². The van der Waals surface area contributed by atoms with E-state index >= 15 is 0 Å². The Bertz CT molecular complexity index is 356. The lowest BCUT2D eigenvalue weighted by Crippen LogP contribution is -2.20. The fraction of sp³-hybridized carbons (Fsp3) is 0.545. The Morgan fingerprint density at radius 1 is 1.60 bits per heavy atom. The second-order valence-electron chi connectivity index (χ2n) is 4.04. The molecule has 4 heteroatoms. The molecule has 0 amide bonds. The van der Waals surface area contributed by atoms with Gasteiger partial charge in [0.15, 0.2) is 5.75 Å². The van der Waals surface area contributed by atoms with Crippen molar-refractivity contribution in [3.05, 3.63) is 22.4 Å². The number of nitrogens with one attached hydrogen (secondary N) is 1. The molecule has 2 atom stereocenters. The topological polar surface area (TPSA) is 34.1 Å². The van der Waals surface area contributed by atoms with Gasteiger partial charge in [0.05, 0.1) is 10.7 Å². The van der Waals surface area contributed by atoms with Crippen LogP contribution in [-0.4, -0.2) is 23.7 Å². The van der Waals surface area contributed by atoms with Crippen molar-refractivity contribution in [2.45, 2.75) is 32.4 Å². The Morgan fingerprint density at radius 2 is 2.40 bits per heavy atom. The van der Waals surface area contributed by atoms with Gasteiger partial charge in [0.25, 0.3) is 0 Å². The number of aryl methyl sites for hydroxylation is 1. The summed E-state index contributed by atoms with van der Waals surface area (Å²) >= 11 is 3.48. The number of rotatable bonds is 2. The van der Waals surface area contributed by atoms with Crippen LogP contribution in [0.15, 0.2) is 16.7 Å². The van der Waals surface area contributed by atoms with E-state index in [0.29, 0.717) is 6.04 Å². The molecule has 1 fully saturated rings. The van der Waals surface area contributed by atoms with Crippen LogP contribution in [0.25, 0.3) is 0 Å². The minimum Gasteiger partial charge on any atom is -0.486 e. The van der Waals surface area contributed by atoms with Gasteiger partial charge in [-0.15, -0.1) is 0 Å². The molecular weight excluding hydrogens is 256 g/mol. The van der Waals surface area contributed by atoms with E-state index in [2.05, 4.69) is 33.2 Å². The lowest BCUT2D eigenvalue weighted by atomic mass is 10.2. The molecule has 15 heavy (non-hydrogen) atoms. The molecule has 0 aromatic carbocycles. The Balaban J connectivity index is 2.04. The maximum absolute atomic E-state index is 5.86. The summed E-state index contributed by atoms with van der Waals surface area (Å²) in [4.78, 5) is 4.23. The van der Waals surface area contributed by atoms with Crippen molar-refractivity contribution < 1.29 is 4.74 Å². The second kappa shape index (κ2) is 4.49. The Kier molecular flexibility index (Phi) is 3.26. The summed E-state index contributed by atoms with van der Waals surface area (Å²) < 4.78 is 6.84. The summed E-state index contributed by atoms with van der Waals surface area (Å²) in [5.74, 6) is 0.835. The van der Waals surface area contributed by atoms with Crippen LogP contribution in [-0.2, 0) is 0 Å². The van der Waals surface area contributed by atoms with E-state index in [1.165, 1.54) is 0 Å². The number of halogens is 1. The van der Waals surface area contributed by atoms with Crippen molar-refractivity contribution in [2.24, 2.45) is 0 Å². The lowest BCUT2D eigenvalue weighted by Gasteiger charge is -2.13. The van der Waals surface area contributed by atoms with Gasteiger partial charge in [-0.1, -0.05) is 0 Å². The summed E-state index contributed by atoms with van der Waals surface area (Å²) in [5, 5.41) is 3.36. The molecule has 3 nitrogen and oxygen atoms in total. The smallest absolute Gasteiger partial charge is 0.152 e. The quantitative estimate of drug-likeness (QED) is 0.896. The van der Waals surface area contributed by atoms with Gasteiger partial charge in [0.1, 0.15) is 6.10 Å². The summed E-state index contributed by atoms with van der Waals surface area (Å²) in [6.45, 7) is 5.06. The molecule has 0 radical (unpaired) electrons. The molecule has 2 rings (SSSR count). The van der Waals surface area contributed by atoms with Crippen molar-refractivity contribution >= 4 is 15.9 Å². The molecule has 1 aliphatic rings. The van der Waals surface area contributed by atoms with Gasteiger partial charge in [0.2, 0.25) is 0 Å². The van der Waals surface area contributed by atoms with Gasteiger partial charge in [-0.25, -0.2) is 0 Å². The molecule has 82 valence electrons. The van der Waals surface area contributed by atoms with Crippen LogP contribution in [0, 0.1) is 6.92 Å². The number of hydrogen-bond acceptors (Lipinski definition) is 3. The molecule has 0 saturated carbocycles. The maximum atomic E-state index is 5.86. The highest BCUT2D eigenvalue weighted by molar-refractivity contribution is 9.10. The van der Waals surface area contributed by atoms with E-state index in [-0.39, 0.29) is 6.10 Å². The monoisotopic (exact) mass is 270 g/mol. The first-order valence-corrected chi connectivity index (χ1v) is 5.96. The van der Waals surface area contributed by atoms with Crippen LogP contribution in [0.2, 0.25) is 0 Å². The second-order valence-corrected chi connectivity index (χ2v) is 4.90. The van der Waals surface area contributed by atoms with Crippen LogP contribution in [0.5, 0.6) is 5.75 Å². The predicted octanol–water partition coefficient (Wildman–Crippen LogP) is 2.28. The van der Waals surface area contributed by atoms with E-state index in [1.807, 2.05) is 13.0 Å². The van der Waals surface area contributed by atoms with Crippen LogP contribution >= 0.6 is 15.9 Å². The Morgan fingerprint density at radius 3 is 3.00 bits per heavy atom. The molecule has 0 bridgehead atoms. The number of nitrogens with zero attached hydrogens (tertiary/aromatic N) is 1. The van der Waals surface area contributed by atoms with Gasteiger partial charge >= 0.3 is 0 Å². The number of hydrogen-bond donors (Lipinski definition) is 1. The molecule has 1 N–H and O–H groups in total. The Labute approximate surface area is 98.4 Å². The number of ether oxygens (including phenoxy) is 1. The van der Waals surface area contributed by atoms with Gasteiger partial charge < -0.3 is 10.1 Å². The first-order chi connectivity index (χ1) is 7.15. The largest absolute Gasteiger partial charge is 0.486 e. The molecule has 1 saturated heterocycles. The highest BCUT2D eigenvalue weighted by Crippen LogP contribution is 2.26. The first kappa shape index (κ1) is 10.9. The van der Waals surface area contributed by atoms with E-state index in [9.17, 15) is 0 Å². The van der Waals surface area contributed by atoms with Crippen LogP contribution in [0.3, 0.4) is 0 Å². The third kappa shape index (κ3) is 2.69. The third-order valence-electron chi connectivity index (χ3n) is 2.56. The van der Waals surface area contributed by atoms with Crippen LogP contribution < -0.4 is 10.1 Å². The standard InChI is InChI=1S/C11H15BrN2O/c1-7-3-9(5-13-7)15-11-6-14-8(2)4-10(11)12/h4,6-7,9,13H,3,5H2,1-2H3/t7-,9+/m0/s1. The molecule has 1 aromatic heterocycles. The SMILES string of the molecule is Cc1cc(Br)c(O[C@H]2CN[C@@H](C)C2)cn1. The average Bonchev–Trinajstić information content (AvgIpc) is 2.56. The van der Waals surface area contributed by atoms with E-state index in [0.717, 1.165) is 28.9 Å². The number of pyridine rings is 1. The maximum Gasteiger partial charge on any atom is 0.152 e. The zero-order valence-corrected chi connectivity index (χ0v) is 10.5. The molecule has 0 unspecified atom stereocenters. The van der Waals surface area contributed by atoms with Crippen molar-refractivity contribution in [3.63, 3.8) is 0 Å². The normalized spacial score (nSPS) is 25.5. The van der Waals surface area contributed by atoms with Crippen molar-refractivity contribution in [1.82, 2.24) is 10.3 Å². The third-order valence-corrected chi connectivity index (χ3v) is 3.18. The molecular formula is C11H15BrN2O. The van der Waals surface area contributed by atoms with Crippen molar-refractivity contribution in [3.8, 4) is 5.75 Å². The minimum atomic E-state index is 0.265. The summed E-state index contributed by atoms with van der Waals surface area (Å²) in [6, 6.07) is 2.52. The highest BCUT2D eigenvalue weighted by atomic mass is 79.9. The molecule has 0 aliphatic carbocycles. The summed E-state index contributed by atoms with van der Waals surface area (Å²) in [7, 11) is 0. The minimum absolute atomic E-state index is 0.265. The molecule has 2 heterocycles.